The number of carbonyl (C=O) groups excluding carboxylic acids is 2. The lowest BCUT2D eigenvalue weighted by molar-refractivity contribution is -0.132. The maximum absolute atomic E-state index is 13.7. The lowest BCUT2D eigenvalue weighted by atomic mass is 9.95. The minimum atomic E-state index is -0.942. The number of ketones is 1. The molecule has 1 aromatic heterocycles. The smallest absolute Gasteiger partial charge is 0.301 e. The molecule has 9 heteroatoms. The van der Waals surface area contributed by atoms with E-state index in [1.165, 1.54) is 16.2 Å². The Kier molecular flexibility index (Phi) is 8.77. The van der Waals surface area contributed by atoms with Crippen LogP contribution in [0, 0.1) is 6.92 Å². The average molecular weight is 587 g/mol. The molecule has 0 radical (unpaired) electrons. The number of unbranched alkanes of at least 4 members (excludes halogenated alkanes) is 2. The van der Waals surface area contributed by atoms with Crippen molar-refractivity contribution in [3.8, 4) is 17.2 Å². The van der Waals surface area contributed by atoms with Gasteiger partial charge in [0.15, 0.2) is 16.6 Å². The summed E-state index contributed by atoms with van der Waals surface area (Å²) in [7, 11) is 1.58. The van der Waals surface area contributed by atoms with Gasteiger partial charge in [0.05, 0.1) is 42.2 Å². The summed E-state index contributed by atoms with van der Waals surface area (Å²) in [6.45, 7) is 6.90. The molecule has 1 amide bonds. The molecule has 1 fully saturated rings. The summed E-state index contributed by atoms with van der Waals surface area (Å²) >= 11 is 1.27. The number of ether oxygens (including phenoxy) is 3. The van der Waals surface area contributed by atoms with Gasteiger partial charge in [-0.05, 0) is 56.2 Å². The fourth-order valence-electron chi connectivity index (χ4n) is 4.95. The largest absolute Gasteiger partial charge is 0.507 e. The number of anilines is 1. The number of nitrogens with zero attached hydrogens (tertiary/aromatic N) is 2. The van der Waals surface area contributed by atoms with E-state index in [1.807, 2.05) is 38.1 Å². The second-order valence-electron chi connectivity index (χ2n) is 10.1. The molecule has 1 aliphatic rings. The molecular formula is C33H34N2O6S. The molecule has 1 unspecified atom stereocenters. The van der Waals surface area contributed by atoms with E-state index in [4.69, 9.17) is 19.2 Å². The van der Waals surface area contributed by atoms with Gasteiger partial charge in [-0.2, -0.15) is 0 Å². The molecule has 1 atom stereocenters. The standard InChI is InChI=1S/C33H34N2O6S/c1-5-7-8-17-41-25-16-13-22(18-26(25)40-6-2)29-28(30(36)21-11-9-20(3)10-12-21)31(37)32(38)35(29)33-34-24-15-14-23(39-4)19-27(24)42-33/h9-16,18-19,29,36H,5-8,17H2,1-4H3. The molecule has 5 rings (SSSR count). The normalized spacial score (nSPS) is 16.3. The first-order valence-corrected chi connectivity index (χ1v) is 14.9. The Morgan fingerprint density at radius 2 is 1.76 bits per heavy atom. The Labute approximate surface area is 249 Å². The summed E-state index contributed by atoms with van der Waals surface area (Å²) in [5.74, 6) is -0.0564. The quantitative estimate of drug-likeness (QED) is 0.0858. The molecule has 2 heterocycles. The van der Waals surface area contributed by atoms with Gasteiger partial charge in [-0.15, -0.1) is 0 Å². The van der Waals surface area contributed by atoms with Crippen molar-refractivity contribution in [3.05, 3.63) is 82.9 Å². The van der Waals surface area contributed by atoms with Crippen LogP contribution < -0.4 is 19.1 Å². The number of aliphatic hydroxyl groups excluding tert-OH is 1. The number of hydrogen-bond acceptors (Lipinski definition) is 8. The maximum Gasteiger partial charge on any atom is 0.301 e. The van der Waals surface area contributed by atoms with Gasteiger partial charge in [0.25, 0.3) is 5.78 Å². The summed E-state index contributed by atoms with van der Waals surface area (Å²) in [5.41, 5.74) is 2.69. The fraction of sp³-hybridized carbons (Fsp3) is 0.303. The molecule has 0 aliphatic carbocycles. The second kappa shape index (κ2) is 12.7. The van der Waals surface area contributed by atoms with Crippen LogP contribution in [0.5, 0.6) is 17.2 Å². The third-order valence-corrected chi connectivity index (χ3v) is 8.17. The Morgan fingerprint density at radius 1 is 0.976 bits per heavy atom. The zero-order chi connectivity index (χ0) is 29.8. The van der Waals surface area contributed by atoms with Gasteiger partial charge in [0.2, 0.25) is 0 Å². The predicted molar refractivity (Wildman–Crippen MR) is 165 cm³/mol. The average Bonchev–Trinajstić information content (AvgIpc) is 3.53. The molecule has 0 bridgehead atoms. The van der Waals surface area contributed by atoms with Crippen LogP contribution in [-0.4, -0.2) is 42.1 Å². The highest BCUT2D eigenvalue weighted by Crippen LogP contribution is 2.46. The second-order valence-corrected chi connectivity index (χ2v) is 11.1. The van der Waals surface area contributed by atoms with Crippen molar-refractivity contribution in [2.24, 2.45) is 0 Å². The van der Waals surface area contributed by atoms with Gasteiger partial charge >= 0.3 is 5.91 Å². The van der Waals surface area contributed by atoms with Crippen molar-refractivity contribution in [1.82, 2.24) is 4.98 Å². The molecular weight excluding hydrogens is 552 g/mol. The van der Waals surface area contributed by atoms with Crippen molar-refractivity contribution in [2.45, 2.75) is 46.1 Å². The van der Waals surface area contributed by atoms with E-state index in [2.05, 4.69) is 6.92 Å². The molecule has 8 nitrogen and oxygen atoms in total. The zero-order valence-electron chi connectivity index (χ0n) is 24.2. The van der Waals surface area contributed by atoms with E-state index in [-0.39, 0.29) is 11.3 Å². The van der Waals surface area contributed by atoms with E-state index in [1.54, 1.807) is 43.5 Å². The molecule has 1 N–H and O–H groups in total. The van der Waals surface area contributed by atoms with E-state index < -0.39 is 17.7 Å². The predicted octanol–water partition coefficient (Wildman–Crippen LogP) is 7.21. The number of aryl methyl sites for hydroxylation is 1. The lowest BCUT2D eigenvalue weighted by Crippen LogP contribution is -2.29. The molecule has 1 aliphatic heterocycles. The molecule has 3 aromatic carbocycles. The minimum absolute atomic E-state index is 0.0141. The number of aromatic nitrogens is 1. The summed E-state index contributed by atoms with van der Waals surface area (Å²) < 4.78 is 18.1. The van der Waals surface area contributed by atoms with Gasteiger partial charge in [0, 0.05) is 5.56 Å². The van der Waals surface area contributed by atoms with Crippen molar-refractivity contribution in [3.63, 3.8) is 0 Å². The van der Waals surface area contributed by atoms with Crippen molar-refractivity contribution in [1.29, 1.82) is 0 Å². The number of hydrogen-bond donors (Lipinski definition) is 1. The zero-order valence-corrected chi connectivity index (χ0v) is 25.0. The van der Waals surface area contributed by atoms with Crippen LogP contribution in [0.25, 0.3) is 16.0 Å². The highest BCUT2D eigenvalue weighted by molar-refractivity contribution is 7.22. The first-order valence-electron chi connectivity index (χ1n) is 14.1. The lowest BCUT2D eigenvalue weighted by Gasteiger charge is -2.24. The fourth-order valence-corrected chi connectivity index (χ4v) is 5.97. The SMILES string of the molecule is CCCCCOc1ccc(C2C(=C(O)c3ccc(C)cc3)C(=O)C(=O)N2c2nc3ccc(OC)cc3s2)cc1OCC. The summed E-state index contributed by atoms with van der Waals surface area (Å²) in [6.07, 6.45) is 3.06. The monoisotopic (exact) mass is 586 g/mol. The molecule has 1 saturated heterocycles. The molecule has 0 spiro atoms. The van der Waals surface area contributed by atoms with Crippen molar-refractivity contribution < 1.29 is 28.9 Å². The Morgan fingerprint density at radius 3 is 2.48 bits per heavy atom. The van der Waals surface area contributed by atoms with Gasteiger partial charge < -0.3 is 19.3 Å². The summed E-state index contributed by atoms with van der Waals surface area (Å²) in [6, 6.07) is 17.0. The van der Waals surface area contributed by atoms with Crippen molar-refractivity contribution in [2.75, 3.05) is 25.2 Å². The van der Waals surface area contributed by atoms with Gasteiger partial charge in [-0.25, -0.2) is 4.98 Å². The minimum Gasteiger partial charge on any atom is -0.507 e. The number of Topliss-reactive ketones (excluding diaryl/α,β-unsaturated/α-hetero) is 1. The number of rotatable bonds is 11. The topological polar surface area (TPSA) is 98.2 Å². The number of amides is 1. The number of aliphatic hydroxyl groups is 1. The van der Waals surface area contributed by atoms with Gasteiger partial charge in [-0.3, -0.25) is 14.5 Å². The van der Waals surface area contributed by atoms with E-state index in [0.29, 0.717) is 52.2 Å². The number of carbonyl (C=O) groups is 2. The van der Waals surface area contributed by atoms with E-state index >= 15 is 0 Å². The third-order valence-electron chi connectivity index (χ3n) is 7.15. The molecule has 0 saturated carbocycles. The number of benzene rings is 3. The van der Waals surface area contributed by atoms with Crippen molar-refractivity contribution >= 4 is 44.1 Å². The van der Waals surface area contributed by atoms with E-state index in [9.17, 15) is 14.7 Å². The van der Waals surface area contributed by atoms with Crippen LogP contribution in [-0.2, 0) is 9.59 Å². The van der Waals surface area contributed by atoms with Crippen LogP contribution in [0.3, 0.4) is 0 Å². The van der Waals surface area contributed by atoms with E-state index in [0.717, 1.165) is 29.5 Å². The van der Waals surface area contributed by atoms with Crippen LogP contribution in [0.15, 0.2) is 66.2 Å². The van der Waals surface area contributed by atoms with Crippen LogP contribution >= 0.6 is 11.3 Å². The third kappa shape index (κ3) is 5.69. The van der Waals surface area contributed by atoms with Crippen LogP contribution in [0.2, 0.25) is 0 Å². The molecule has 42 heavy (non-hydrogen) atoms. The van der Waals surface area contributed by atoms with Crippen LogP contribution in [0.4, 0.5) is 5.13 Å². The number of thiazole rings is 1. The Balaban J connectivity index is 1.66. The highest BCUT2D eigenvalue weighted by Gasteiger charge is 2.48. The van der Waals surface area contributed by atoms with Gasteiger partial charge in [-0.1, -0.05) is 67.0 Å². The molecule has 4 aromatic rings. The summed E-state index contributed by atoms with van der Waals surface area (Å²) in [5, 5.41) is 11.8. The Hall–Kier alpha value is -4.37. The Bertz CT molecular complexity index is 1640. The van der Waals surface area contributed by atoms with Gasteiger partial charge in [0.1, 0.15) is 11.5 Å². The molecule has 218 valence electrons. The first kappa shape index (κ1) is 29.1. The summed E-state index contributed by atoms with van der Waals surface area (Å²) in [4.78, 5) is 33.4. The maximum atomic E-state index is 13.7. The number of fused-ring (bicyclic) bond motifs is 1. The number of methoxy groups -OCH3 is 1. The first-order chi connectivity index (χ1) is 20.4. The van der Waals surface area contributed by atoms with Crippen LogP contribution in [0.1, 0.15) is 55.8 Å². The highest BCUT2D eigenvalue weighted by atomic mass is 32.1.